The summed E-state index contributed by atoms with van der Waals surface area (Å²) in [5.41, 5.74) is 0.917. The van der Waals surface area contributed by atoms with Crippen LogP contribution in [-0.4, -0.2) is 0 Å². The Balaban J connectivity index is 0. The van der Waals surface area contributed by atoms with Crippen molar-refractivity contribution in [3.63, 3.8) is 0 Å². The first-order valence-corrected chi connectivity index (χ1v) is 6.60. The third kappa shape index (κ3) is 13.7. The van der Waals surface area contributed by atoms with E-state index in [2.05, 4.69) is 46.1 Å². The van der Waals surface area contributed by atoms with E-state index in [0.29, 0.717) is 23.0 Å². The van der Waals surface area contributed by atoms with E-state index in [1.165, 1.54) is 0 Å². The molecule has 0 spiro atoms. The van der Waals surface area contributed by atoms with Gasteiger partial charge in [-0.3, -0.25) is 0 Å². The Labute approximate surface area is 135 Å². The van der Waals surface area contributed by atoms with Gasteiger partial charge in [-0.15, -0.1) is 13.2 Å². The second-order valence-electron chi connectivity index (χ2n) is 4.08. The zero-order valence-electron chi connectivity index (χ0n) is 13.7. The van der Waals surface area contributed by atoms with Gasteiger partial charge in [0.15, 0.2) is 0 Å². The molecule has 0 aliphatic heterocycles. The molecule has 2 nitrogen and oxygen atoms in total. The molecule has 0 heterocycles. The fourth-order valence-electron chi connectivity index (χ4n) is 1.08. The molecule has 0 aliphatic rings. The van der Waals surface area contributed by atoms with Crippen molar-refractivity contribution >= 4 is 0 Å². The highest BCUT2D eigenvalue weighted by Crippen LogP contribution is 2.10. The van der Waals surface area contributed by atoms with Crippen LogP contribution in [-0.2, 0) is 9.47 Å². The molecule has 0 atom stereocenters. The van der Waals surface area contributed by atoms with Gasteiger partial charge >= 0.3 is 0 Å². The van der Waals surface area contributed by atoms with E-state index in [1.54, 1.807) is 24.3 Å². The van der Waals surface area contributed by atoms with Crippen molar-refractivity contribution in [2.75, 3.05) is 0 Å². The molecular formula is C20H26O2. The lowest BCUT2D eigenvalue weighted by Gasteiger charge is -2.06. The lowest BCUT2D eigenvalue weighted by Crippen LogP contribution is -1.88. The maximum absolute atomic E-state index is 5.37. The summed E-state index contributed by atoms with van der Waals surface area (Å²) in [6, 6.07) is 0. The van der Waals surface area contributed by atoms with Gasteiger partial charge in [0.25, 0.3) is 0 Å². The van der Waals surface area contributed by atoms with E-state index in [-0.39, 0.29) is 0 Å². The normalized spacial score (nSPS) is 10.1. The van der Waals surface area contributed by atoms with Crippen molar-refractivity contribution in [2.45, 2.75) is 13.8 Å². The van der Waals surface area contributed by atoms with Crippen molar-refractivity contribution in [1.82, 2.24) is 0 Å². The fraction of sp³-hybridized carbons (Fsp3) is 0.100. The second kappa shape index (κ2) is 13.3. The van der Waals surface area contributed by atoms with Crippen LogP contribution in [0.4, 0.5) is 0 Å². The molecule has 0 aromatic rings. The Bertz CT molecular complexity index is 514. The molecule has 0 saturated carbocycles. The summed E-state index contributed by atoms with van der Waals surface area (Å²) in [6.07, 6.45) is 10.4. The summed E-state index contributed by atoms with van der Waals surface area (Å²) in [4.78, 5) is 0. The summed E-state index contributed by atoms with van der Waals surface area (Å²) in [6.45, 7) is 28.5. The Morgan fingerprint density at radius 2 is 0.955 bits per heavy atom. The number of rotatable bonds is 9. The molecule has 2 heteroatoms. The van der Waals surface area contributed by atoms with Crippen LogP contribution in [0, 0.1) is 0 Å². The number of allylic oxidation sites excluding steroid dienone is 7. The van der Waals surface area contributed by atoms with Crippen LogP contribution in [0.3, 0.4) is 0 Å². The van der Waals surface area contributed by atoms with E-state index in [4.69, 9.17) is 9.47 Å². The van der Waals surface area contributed by atoms with Gasteiger partial charge in [0.2, 0.25) is 0 Å². The SMILES string of the molecule is C=C.C=C(C)/C=C\C(=C)OC(=C)/C=C\C(=C)OC(=C)/C=C\C. The van der Waals surface area contributed by atoms with Crippen molar-refractivity contribution in [2.24, 2.45) is 0 Å². The Hall–Kier alpha value is -2.74. The molecule has 0 rings (SSSR count). The van der Waals surface area contributed by atoms with Gasteiger partial charge in [-0.05, 0) is 38.2 Å². The largest absolute Gasteiger partial charge is 0.459 e. The standard InChI is InChI=1S/C18H22O2.C2H4/c1-8-9-15(4)19-17(6)12-13-18(7)20-16(5)11-10-14(2)3;1-2/h8-13H,2,4-7H2,1,3H3;1-2H2/b9-8-,11-10-,13-12-;. The molecular weight excluding hydrogens is 272 g/mol. The number of hydrogen-bond donors (Lipinski definition) is 0. The molecule has 0 fully saturated rings. The number of ether oxygens (including phenoxy) is 2. The second-order valence-corrected chi connectivity index (χ2v) is 4.08. The molecule has 0 aliphatic carbocycles. The van der Waals surface area contributed by atoms with Gasteiger partial charge < -0.3 is 9.47 Å². The summed E-state index contributed by atoms with van der Waals surface area (Å²) in [5, 5.41) is 0. The van der Waals surface area contributed by atoms with Crippen LogP contribution in [0.1, 0.15) is 13.8 Å². The van der Waals surface area contributed by atoms with E-state index < -0.39 is 0 Å². The molecule has 118 valence electrons. The summed E-state index contributed by atoms with van der Waals surface area (Å²) in [5.74, 6) is 1.87. The highest BCUT2D eigenvalue weighted by atomic mass is 16.5. The van der Waals surface area contributed by atoms with Crippen molar-refractivity contribution in [3.8, 4) is 0 Å². The molecule has 0 amide bonds. The molecule has 22 heavy (non-hydrogen) atoms. The predicted molar refractivity (Wildman–Crippen MR) is 97.9 cm³/mol. The zero-order chi connectivity index (χ0) is 17.5. The summed E-state index contributed by atoms with van der Waals surface area (Å²) < 4.78 is 10.7. The van der Waals surface area contributed by atoms with E-state index >= 15 is 0 Å². The molecule has 0 saturated heterocycles. The highest BCUT2D eigenvalue weighted by Gasteiger charge is 1.95. The van der Waals surface area contributed by atoms with Crippen molar-refractivity contribution < 1.29 is 9.47 Å². The first kappa shape index (κ1) is 21.6. The van der Waals surface area contributed by atoms with E-state index in [9.17, 15) is 0 Å². The first-order chi connectivity index (χ1) is 10.3. The van der Waals surface area contributed by atoms with Crippen molar-refractivity contribution in [3.05, 3.63) is 111 Å². The molecule has 0 aromatic heterocycles. The van der Waals surface area contributed by atoms with Gasteiger partial charge in [-0.1, -0.05) is 50.6 Å². The lowest BCUT2D eigenvalue weighted by molar-refractivity contribution is 0.332. The Morgan fingerprint density at radius 1 is 0.636 bits per heavy atom. The van der Waals surface area contributed by atoms with Crippen LogP contribution in [0.5, 0.6) is 0 Å². The minimum absolute atomic E-state index is 0.433. The van der Waals surface area contributed by atoms with Crippen molar-refractivity contribution in [1.29, 1.82) is 0 Å². The smallest absolute Gasteiger partial charge is 0.120 e. The average molecular weight is 298 g/mol. The predicted octanol–water partition coefficient (Wildman–Crippen LogP) is 6.14. The topological polar surface area (TPSA) is 18.5 Å². The Morgan fingerprint density at radius 3 is 1.27 bits per heavy atom. The van der Waals surface area contributed by atoms with E-state index in [0.717, 1.165) is 5.57 Å². The van der Waals surface area contributed by atoms with Gasteiger partial charge in [-0.25, -0.2) is 0 Å². The molecule has 0 bridgehead atoms. The third-order valence-electron chi connectivity index (χ3n) is 1.89. The van der Waals surface area contributed by atoms with Gasteiger partial charge in [-0.2, -0.15) is 0 Å². The van der Waals surface area contributed by atoms with Gasteiger partial charge in [0, 0.05) is 0 Å². The van der Waals surface area contributed by atoms with E-state index in [1.807, 2.05) is 26.0 Å². The maximum atomic E-state index is 5.37. The monoisotopic (exact) mass is 298 g/mol. The average Bonchev–Trinajstić information content (AvgIpc) is 2.45. The minimum Gasteiger partial charge on any atom is -0.459 e. The first-order valence-electron chi connectivity index (χ1n) is 6.60. The van der Waals surface area contributed by atoms with Crippen LogP contribution >= 0.6 is 0 Å². The Kier molecular flexibility index (Phi) is 13.0. The number of hydrogen-bond acceptors (Lipinski definition) is 2. The maximum Gasteiger partial charge on any atom is 0.120 e. The molecule has 0 aromatic carbocycles. The van der Waals surface area contributed by atoms with Gasteiger partial charge in [0.1, 0.15) is 23.0 Å². The van der Waals surface area contributed by atoms with Crippen LogP contribution in [0.2, 0.25) is 0 Å². The lowest BCUT2D eigenvalue weighted by atomic mass is 10.3. The van der Waals surface area contributed by atoms with Gasteiger partial charge in [0.05, 0.1) is 0 Å². The highest BCUT2D eigenvalue weighted by molar-refractivity contribution is 5.24. The quantitative estimate of drug-likeness (QED) is 0.289. The summed E-state index contributed by atoms with van der Waals surface area (Å²) in [7, 11) is 0. The minimum atomic E-state index is 0.433. The van der Waals surface area contributed by atoms with Crippen LogP contribution < -0.4 is 0 Å². The van der Waals surface area contributed by atoms with Crippen LogP contribution in [0.25, 0.3) is 0 Å². The third-order valence-corrected chi connectivity index (χ3v) is 1.89. The molecule has 0 N–H and O–H groups in total. The molecule has 0 unspecified atom stereocenters. The van der Waals surface area contributed by atoms with Crippen LogP contribution in [0.15, 0.2) is 111 Å². The summed E-state index contributed by atoms with van der Waals surface area (Å²) >= 11 is 0. The molecule has 0 radical (unpaired) electrons. The zero-order valence-corrected chi connectivity index (χ0v) is 13.7. The fourth-order valence-corrected chi connectivity index (χ4v) is 1.08.